The molecular formula is C8H13N3O2. The molecule has 0 saturated carbocycles. The van der Waals surface area contributed by atoms with Crippen molar-refractivity contribution in [3.05, 3.63) is 12.3 Å². The topological polar surface area (TPSA) is 61.4 Å². The average Bonchev–Trinajstić information content (AvgIpc) is 2.70. The minimum absolute atomic E-state index is 0.0389. The maximum Gasteiger partial charge on any atom is 0.150 e. The summed E-state index contributed by atoms with van der Waals surface area (Å²) in [5, 5.41) is 15.9. The van der Waals surface area contributed by atoms with Crippen molar-refractivity contribution < 1.29 is 9.84 Å². The quantitative estimate of drug-likeness (QED) is 0.655. The van der Waals surface area contributed by atoms with Gasteiger partial charge in [-0.3, -0.25) is 5.10 Å². The van der Waals surface area contributed by atoms with Gasteiger partial charge >= 0.3 is 0 Å². The summed E-state index contributed by atoms with van der Waals surface area (Å²) in [4.78, 5) is 2.06. The fraction of sp³-hybridized carbons (Fsp3) is 0.625. The van der Waals surface area contributed by atoms with Crippen LogP contribution in [0.5, 0.6) is 0 Å². The summed E-state index contributed by atoms with van der Waals surface area (Å²) in [7, 11) is 0. The van der Waals surface area contributed by atoms with Gasteiger partial charge in [-0.05, 0) is 0 Å². The molecule has 1 saturated heterocycles. The first-order valence-electron chi connectivity index (χ1n) is 4.37. The Morgan fingerprint density at radius 2 is 2.69 bits per heavy atom. The molecule has 13 heavy (non-hydrogen) atoms. The Balaban J connectivity index is 2.11. The smallest absolute Gasteiger partial charge is 0.150 e. The van der Waals surface area contributed by atoms with Crippen LogP contribution in [0.15, 0.2) is 12.3 Å². The molecule has 72 valence electrons. The van der Waals surface area contributed by atoms with E-state index in [-0.39, 0.29) is 12.6 Å². The van der Waals surface area contributed by atoms with Crippen molar-refractivity contribution >= 4 is 5.82 Å². The summed E-state index contributed by atoms with van der Waals surface area (Å²) in [6, 6.07) is 1.94. The number of nitrogens with one attached hydrogen (secondary N) is 1. The second kappa shape index (κ2) is 3.76. The van der Waals surface area contributed by atoms with Crippen LogP contribution in [0.2, 0.25) is 0 Å². The van der Waals surface area contributed by atoms with Crippen LogP contribution in [-0.4, -0.2) is 47.7 Å². The maximum absolute atomic E-state index is 9.10. The Bertz CT molecular complexity index is 250. The lowest BCUT2D eigenvalue weighted by Crippen LogP contribution is -2.47. The van der Waals surface area contributed by atoms with Crippen LogP contribution < -0.4 is 4.90 Å². The number of aromatic amines is 1. The number of morpholine rings is 1. The van der Waals surface area contributed by atoms with Crippen molar-refractivity contribution in [2.24, 2.45) is 0 Å². The Kier molecular flexibility index (Phi) is 2.47. The highest BCUT2D eigenvalue weighted by molar-refractivity contribution is 5.38. The number of aliphatic hydroxyl groups is 1. The number of rotatable bonds is 2. The predicted octanol–water partition coefficient (Wildman–Crippen LogP) is -0.393. The van der Waals surface area contributed by atoms with Crippen molar-refractivity contribution in [1.29, 1.82) is 0 Å². The number of hydrogen-bond donors (Lipinski definition) is 2. The van der Waals surface area contributed by atoms with E-state index in [1.807, 2.05) is 6.07 Å². The summed E-state index contributed by atoms with van der Waals surface area (Å²) in [6.45, 7) is 2.16. The summed E-state index contributed by atoms with van der Waals surface area (Å²) in [5.41, 5.74) is 0. The first-order valence-corrected chi connectivity index (χ1v) is 4.37. The highest BCUT2D eigenvalue weighted by Gasteiger charge is 2.23. The highest BCUT2D eigenvalue weighted by Crippen LogP contribution is 2.15. The molecule has 0 radical (unpaired) electrons. The zero-order valence-corrected chi connectivity index (χ0v) is 7.31. The summed E-state index contributed by atoms with van der Waals surface area (Å²) in [5.74, 6) is 0.877. The molecule has 0 spiro atoms. The van der Waals surface area contributed by atoms with Gasteiger partial charge in [0.05, 0.1) is 25.9 Å². The molecule has 5 nitrogen and oxygen atoms in total. The zero-order valence-electron chi connectivity index (χ0n) is 7.31. The van der Waals surface area contributed by atoms with Crippen LogP contribution in [-0.2, 0) is 4.74 Å². The van der Waals surface area contributed by atoms with Crippen LogP contribution in [0.1, 0.15) is 0 Å². The second-order valence-corrected chi connectivity index (χ2v) is 3.04. The number of nitrogens with zero attached hydrogens (tertiary/aromatic N) is 2. The lowest BCUT2D eigenvalue weighted by atomic mass is 10.2. The summed E-state index contributed by atoms with van der Waals surface area (Å²) >= 11 is 0. The summed E-state index contributed by atoms with van der Waals surface area (Å²) < 4.78 is 5.26. The van der Waals surface area contributed by atoms with Crippen LogP contribution >= 0.6 is 0 Å². The van der Waals surface area contributed by atoms with Crippen LogP contribution in [0.3, 0.4) is 0 Å². The highest BCUT2D eigenvalue weighted by atomic mass is 16.5. The molecule has 1 fully saturated rings. The SMILES string of the molecule is OC[C@@H]1COCCN1c1cc[nH]n1. The van der Waals surface area contributed by atoms with E-state index in [2.05, 4.69) is 15.1 Å². The number of H-pyrrole nitrogens is 1. The van der Waals surface area contributed by atoms with Gasteiger partial charge in [-0.1, -0.05) is 0 Å². The standard InChI is InChI=1S/C8H13N3O2/c12-5-7-6-13-4-3-11(7)8-1-2-9-10-8/h1-2,7,12H,3-6H2,(H,9,10)/t7-/m1/s1. The number of ether oxygens (including phenoxy) is 1. The number of anilines is 1. The predicted molar refractivity (Wildman–Crippen MR) is 47.6 cm³/mol. The Morgan fingerprint density at radius 1 is 1.77 bits per heavy atom. The van der Waals surface area contributed by atoms with Gasteiger partial charge in [0.2, 0.25) is 0 Å². The Labute approximate surface area is 76.3 Å². The van der Waals surface area contributed by atoms with Crippen molar-refractivity contribution in [3.63, 3.8) is 0 Å². The fourth-order valence-electron chi connectivity index (χ4n) is 1.52. The van der Waals surface area contributed by atoms with E-state index in [1.54, 1.807) is 6.20 Å². The van der Waals surface area contributed by atoms with E-state index in [0.29, 0.717) is 13.2 Å². The van der Waals surface area contributed by atoms with Crippen molar-refractivity contribution in [2.45, 2.75) is 6.04 Å². The molecule has 1 aliphatic heterocycles. The molecule has 2 N–H and O–H groups in total. The first-order chi connectivity index (χ1) is 6.42. The summed E-state index contributed by atoms with van der Waals surface area (Å²) in [6.07, 6.45) is 1.78. The third-order valence-electron chi connectivity index (χ3n) is 2.22. The third-order valence-corrected chi connectivity index (χ3v) is 2.22. The largest absolute Gasteiger partial charge is 0.394 e. The van der Waals surface area contributed by atoms with Gasteiger partial charge in [-0.2, -0.15) is 5.10 Å². The van der Waals surface area contributed by atoms with E-state index in [9.17, 15) is 0 Å². The lowest BCUT2D eigenvalue weighted by molar-refractivity contribution is 0.0723. The molecule has 0 amide bonds. The van der Waals surface area contributed by atoms with E-state index in [4.69, 9.17) is 9.84 Å². The molecule has 2 heterocycles. The average molecular weight is 183 g/mol. The van der Waals surface area contributed by atoms with Crippen molar-refractivity contribution in [3.8, 4) is 0 Å². The number of hydrogen-bond acceptors (Lipinski definition) is 4. The van der Waals surface area contributed by atoms with Crippen LogP contribution in [0.25, 0.3) is 0 Å². The van der Waals surface area contributed by atoms with Gasteiger partial charge < -0.3 is 14.7 Å². The van der Waals surface area contributed by atoms with Gasteiger partial charge in [-0.25, -0.2) is 0 Å². The van der Waals surface area contributed by atoms with Crippen molar-refractivity contribution in [1.82, 2.24) is 10.2 Å². The van der Waals surface area contributed by atoms with Crippen LogP contribution in [0, 0.1) is 0 Å². The fourth-order valence-corrected chi connectivity index (χ4v) is 1.52. The molecule has 1 aromatic rings. The minimum atomic E-state index is 0.0389. The van der Waals surface area contributed by atoms with E-state index in [0.717, 1.165) is 12.4 Å². The molecule has 0 aromatic carbocycles. The number of aliphatic hydroxyl groups excluding tert-OH is 1. The second-order valence-electron chi connectivity index (χ2n) is 3.04. The maximum atomic E-state index is 9.10. The Morgan fingerprint density at radius 3 is 3.38 bits per heavy atom. The molecular weight excluding hydrogens is 170 g/mol. The van der Waals surface area contributed by atoms with Gasteiger partial charge in [0.1, 0.15) is 0 Å². The molecule has 1 aromatic heterocycles. The third kappa shape index (κ3) is 1.66. The normalized spacial score (nSPS) is 23.5. The molecule has 1 atom stereocenters. The minimum Gasteiger partial charge on any atom is -0.394 e. The molecule has 2 rings (SSSR count). The van der Waals surface area contributed by atoms with E-state index < -0.39 is 0 Å². The van der Waals surface area contributed by atoms with Gasteiger partial charge in [-0.15, -0.1) is 0 Å². The van der Waals surface area contributed by atoms with Gasteiger partial charge in [0.15, 0.2) is 5.82 Å². The van der Waals surface area contributed by atoms with Crippen LogP contribution in [0.4, 0.5) is 5.82 Å². The Hall–Kier alpha value is -1.07. The number of aromatic nitrogens is 2. The molecule has 0 bridgehead atoms. The van der Waals surface area contributed by atoms with Crippen molar-refractivity contribution in [2.75, 3.05) is 31.3 Å². The van der Waals surface area contributed by atoms with E-state index in [1.165, 1.54) is 0 Å². The zero-order chi connectivity index (χ0) is 9.10. The molecule has 0 unspecified atom stereocenters. The van der Waals surface area contributed by atoms with E-state index >= 15 is 0 Å². The lowest BCUT2D eigenvalue weighted by Gasteiger charge is -2.34. The van der Waals surface area contributed by atoms with Gasteiger partial charge in [0.25, 0.3) is 0 Å². The molecule has 5 heteroatoms. The molecule has 1 aliphatic rings. The first kappa shape index (κ1) is 8.52. The molecule has 0 aliphatic carbocycles. The monoisotopic (exact) mass is 183 g/mol. The van der Waals surface area contributed by atoms with Gasteiger partial charge in [0, 0.05) is 18.8 Å².